The third-order valence-electron chi connectivity index (χ3n) is 3.10. The molecule has 1 N–H and O–H groups in total. The molecule has 0 bridgehead atoms. The van der Waals surface area contributed by atoms with Crippen molar-refractivity contribution in [2.24, 2.45) is 0 Å². The van der Waals surface area contributed by atoms with Gasteiger partial charge in [-0.3, -0.25) is 0 Å². The summed E-state index contributed by atoms with van der Waals surface area (Å²) in [6.45, 7) is 2.02. The molecule has 3 heteroatoms. The molecule has 1 atom stereocenters. The molecule has 0 amide bonds. The van der Waals surface area contributed by atoms with Crippen LogP contribution in [-0.2, 0) is 6.42 Å². The predicted molar refractivity (Wildman–Crippen MR) is 60.5 cm³/mol. The van der Waals surface area contributed by atoms with Gasteiger partial charge in [0, 0.05) is 12.7 Å². The fraction of sp³-hybridized carbons (Fsp3) is 0.500. The second kappa shape index (κ2) is 3.74. The maximum atomic E-state index is 9.74. The third-order valence-corrected chi connectivity index (χ3v) is 3.10. The molecule has 0 radical (unpaired) electrons. The van der Waals surface area contributed by atoms with Gasteiger partial charge in [-0.25, -0.2) is 0 Å². The molecule has 0 saturated carbocycles. The molecule has 0 aromatic heterocycles. The zero-order chi connectivity index (χ0) is 11.0. The van der Waals surface area contributed by atoms with E-state index in [-0.39, 0.29) is 6.23 Å². The fourth-order valence-corrected chi connectivity index (χ4v) is 2.10. The van der Waals surface area contributed by atoms with Crippen LogP contribution in [0.4, 0.5) is 5.69 Å². The largest absolute Gasteiger partial charge is 0.496 e. The second-order valence-corrected chi connectivity index (χ2v) is 4.08. The van der Waals surface area contributed by atoms with Crippen LogP contribution >= 0.6 is 0 Å². The van der Waals surface area contributed by atoms with E-state index in [1.165, 1.54) is 5.56 Å². The molecule has 3 nitrogen and oxygen atoms in total. The molecule has 1 heterocycles. The summed E-state index contributed by atoms with van der Waals surface area (Å²) in [5.74, 6) is 0.929. The van der Waals surface area contributed by atoms with E-state index in [0.29, 0.717) is 0 Å². The summed E-state index contributed by atoms with van der Waals surface area (Å²) >= 11 is 0. The monoisotopic (exact) mass is 207 g/mol. The van der Waals surface area contributed by atoms with E-state index in [2.05, 4.69) is 12.1 Å². The lowest BCUT2D eigenvalue weighted by atomic mass is 9.98. The number of aryl methyl sites for hydroxylation is 2. The Morgan fingerprint density at radius 2 is 2.20 bits per heavy atom. The van der Waals surface area contributed by atoms with Crippen LogP contribution in [0.3, 0.4) is 0 Å². The van der Waals surface area contributed by atoms with E-state index in [1.54, 1.807) is 7.11 Å². The van der Waals surface area contributed by atoms with E-state index in [0.717, 1.165) is 29.8 Å². The molecule has 82 valence electrons. The Labute approximate surface area is 90.3 Å². The van der Waals surface area contributed by atoms with Crippen molar-refractivity contribution in [2.75, 3.05) is 19.1 Å². The predicted octanol–water partition coefficient (Wildman–Crippen LogP) is 1.70. The van der Waals surface area contributed by atoms with Crippen LogP contribution in [0.15, 0.2) is 12.1 Å². The minimum Gasteiger partial charge on any atom is -0.496 e. The first-order valence-corrected chi connectivity index (χ1v) is 5.22. The summed E-state index contributed by atoms with van der Waals surface area (Å²) < 4.78 is 5.29. The maximum Gasteiger partial charge on any atom is 0.126 e. The van der Waals surface area contributed by atoms with Crippen molar-refractivity contribution in [3.63, 3.8) is 0 Å². The molecular weight excluding hydrogens is 190 g/mol. The number of benzene rings is 1. The quantitative estimate of drug-likeness (QED) is 0.761. The summed E-state index contributed by atoms with van der Waals surface area (Å²) in [6, 6.07) is 4.16. The van der Waals surface area contributed by atoms with Gasteiger partial charge >= 0.3 is 0 Å². The first-order chi connectivity index (χ1) is 7.13. The Balaban J connectivity index is 2.47. The molecule has 0 spiro atoms. The Kier molecular flexibility index (Phi) is 2.57. The molecular formula is C12H17NO2. The molecule has 1 aromatic carbocycles. The normalized spacial score (nSPS) is 20.0. The number of aliphatic hydroxyl groups is 1. The van der Waals surface area contributed by atoms with Crippen molar-refractivity contribution in [3.8, 4) is 5.75 Å². The molecule has 1 unspecified atom stereocenters. The van der Waals surface area contributed by atoms with Gasteiger partial charge in [-0.15, -0.1) is 0 Å². The maximum absolute atomic E-state index is 9.74. The minimum atomic E-state index is -0.356. The van der Waals surface area contributed by atoms with Crippen LogP contribution in [0.2, 0.25) is 0 Å². The van der Waals surface area contributed by atoms with Crippen LogP contribution in [0.25, 0.3) is 0 Å². The summed E-state index contributed by atoms with van der Waals surface area (Å²) in [6.07, 6.45) is 1.35. The highest BCUT2D eigenvalue weighted by molar-refractivity contribution is 5.60. The Bertz CT molecular complexity index is 376. The van der Waals surface area contributed by atoms with Gasteiger partial charge in [0.1, 0.15) is 12.0 Å². The number of fused-ring (bicyclic) bond motifs is 1. The fourth-order valence-electron chi connectivity index (χ4n) is 2.10. The number of nitrogens with zero attached hydrogens (tertiary/aromatic N) is 1. The van der Waals surface area contributed by atoms with Crippen molar-refractivity contribution >= 4 is 5.69 Å². The van der Waals surface area contributed by atoms with Crippen molar-refractivity contribution < 1.29 is 9.84 Å². The van der Waals surface area contributed by atoms with Gasteiger partial charge in [-0.05, 0) is 43.0 Å². The van der Waals surface area contributed by atoms with Crippen LogP contribution in [0, 0.1) is 6.92 Å². The number of hydrogen-bond acceptors (Lipinski definition) is 3. The Morgan fingerprint density at radius 1 is 1.47 bits per heavy atom. The van der Waals surface area contributed by atoms with Crippen LogP contribution in [-0.4, -0.2) is 25.5 Å². The van der Waals surface area contributed by atoms with Crippen molar-refractivity contribution in [1.82, 2.24) is 0 Å². The zero-order valence-electron chi connectivity index (χ0n) is 9.45. The van der Waals surface area contributed by atoms with E-state index in [4.69, 9.17) is 4.74 Å². The molecule has 1 aliphatic heterocycles. The van der Waals surface area contributed by atoms with E-state index in [9.17, 15) is 5.11 Å². The SMILES string of the molecule is COc1cc2c(cc1C)N(C)C(O)CC2. The first kappa shape index (κ1) is 10.3. The zero-order valence-corrected chi connectivity index (χ0v) is 9.45. The molecule has 1 aliphatic rings. The van der Waals surface area contributed by atoms with Crippen LogP contribution in [0.1, 0.15) is 17.5 Å². The van der Waals surface area contributed by atoms with E-state index >= 15 is 0 Å². The molecule has 0 aliphatic carbocycles. The number of methoxy groups -OCH3 is 1. The van der Waals surface area contributed by atoms with Crippen LogP contribution in [0.5, 0.6) is 5.75 Å². The third kappa shape index (κ3) is 1.67. The van der Waals surface area contributed by atoms with Crippen molar-refractivity contribution in [3.05, 3.63) is 23.3 Å². The highest BCUT2D eigenvalue weighted by atomic mass is 16.5. The first-order valence-electron chi connectivity index (χ1n) is 5.22. The molecule has 0 fully saturated rings. The van der Waals surface area contributed by atoms with Gasteiger partial charge in [0.25, 0.3) is 0 Å². The van der Waals surface area contributed by atoms with Crippen molar-refractivity contribution in [2.45, 2.75) is 26.0 Å². The molecule has 1 aromatic rings. The van der Waals surface area contributed by atoms with Crippen molar-refractivity contribution in [1.29, 1.82) is 0 Å². The highest BCUT2D eigenvalue weighted by Crippen LogP contribution is 2.33. The molecule has 0 saturated heterocycles. The van der Waals surface area contributed by atoms with Gasteiger partial charge in [0.2, 0.25) is 0 Å². The van der Waals surface area contributed by atoms with Gasteiger partial charge in [0.05, 0.1) is 7.11 Å². The molecule has 2 rings (SSSR count). The van der Waals surface area contributed by atoms with Crippen LogP contribution < -0.4 is 9.64 Å². The number of anilines is 1. The van der Waals surface area contributed by atoms with Gasteiger partial charge in [-0.2, -0.15) is 0 Å². The minimum absolute atomic E-state index is 0.356. The average molecular weight is 207 g/mol. The average Bonchev–Trinajstić information content (AvgIpc) is 2.24. The number of rotatable bonds is 1. The summed E-state index contributed by atoms with van der Waals surface area (Å²) in [5.41, 5.74) is 3.48. The van der Waals surface area contributed by atoms with Gasteiger partial charge in [-0.1, -0.05) is 0 Å². The summed E-state index contributed by atoms with van der Waals surface area (Å²) in [4.78, 5) is 1.92. The van der Waals surface area contributed by atoms with Gasteiger partial charge in [0.15, 0.2) is 0 Å². The number of aliphatic hydroxyl groups excluding tert-OH is 1. The lowest BCUT2D eigenvalue weighted by molar-refractivity contribution is 0.159. The second-order valence-electron chi connectivity index (χ2n) is 4.08. The molecule has 15 heavy (non-hydrogen) atoms. The number of hydrogen-bond donors (Lipinski definition) is 1. The smallest absolute Gasteiger partial charge is 0.126 e. The lowest BCUT2D eigenvalue weighted by Gasteiger charge is -2.33. The Hall–Kier alpha value is -1.22. The highest BCUT2D eigenvalue weighted by Gasteiger charge is 2.22. The van der Waals surface area contributed by atoms with Gasteiger partial charge < -0.3 is 14.7 Å². The van der Waals surface area contributed by atoms with E-state index < -0.39 is 0 Å². The number of ether oxygens (including phenoxy) is 1. The lowest BCUT2D eigenvalue weighted by Crippen LogP contribution is -2.35. The van der Waals surface area contributed by atoms with E-state index in [1.807, 2.05) is 18.9 Å². The summed E-state index contributed by atoms with van der Waals surface area (Å²) in [7, 11) is 3.62. The summed E-state index contributed by atoms with van der Waals surface area (Å²) in [5, 5.41) is 9.74. The Morgan fingerprint density at radius 3 is 2.87 bits per heavy atom. The standard InChI is InChI=1S/C12H17NO2/c1-8-6-10-9(7-11(8)15-3)4-5-12(14)13(10)2/h6-7,12,14H,4-5H2,1-3H3. The topological polar surface area (TPSA) is 32.7 Å².